The van der Waals surface area contributed by atoms with E-state index in [4.69, 9.17) is 5.73 Å². The van der Waals surface area contributed by atoms with Crippen molar-refractivity contribution in [1.82, 2.24) is 10.2 Å². The number of nitrogens with zero attached hydrogens (tertiary/aromatic N) is 1. The molecule has 2 rings (SSSR count). The van der Waals surface area contributed by atoms with Crippen LogP contribution in [0.15, 0.2) is 0 Å². The molecule has 5 heteroatoms. The number of piperidine rings is 1. The van der Waals surface area contributed by atoms with E-state index in [1.807, 2.05) is 4.90 Å². The van der Waals surface area contributed by atoms with Crippen LogP contribution in [0.1, 0.15) is 58.8 Å². The summed E-state index contributed by atoms with van der Waals surface area (Å²) in [4.78, 5) is 26.7. The molecule has 3 N–H and O–H groups in total. The average Bonchev–Trinajstić information content (AvgIpc) is 2.47. The van der Waals surface area contributed by atoms with Crippen LogP contribution in [-0.2, 0) is 9.59 Å². The molecule has 0 radical (unpaired) electrons. The summed E-state index contributed by atoms with van der Waals surface area (Å²) in [6.07, 6.45) is 6.86. The summed E-state index contributed by atoms with van der Waals surface area (Å²) < 4.78 is 0. The van der Waals surface area contributed by atoms with Gasteiger partial charge in [-0.3, -0.25) is 9.59 Å². The van der Waals surface area contributed by atoms with Crippen molar-refractivity contribution in [3.05, 3.63) is 0 Å². The fourth-order valence-electron chi connectivity index (χ4n) is 3.59. The second kappa shape index (κ2) is 6.77. The lowest BCUT2D eigenvalue weighted by Gasteiger charge is -2.36. The lowest BCUT2D eigenvalue weighted by atomic mass is 9.76. The number of hydrogen-bond acceptors (Lipinski definition) is 3. The predicted octanol–water partition coefficient (Wildman–Crippen LogP) is 1.41. The first kappa shape index (κ1) is 16.3. The summed E-state index contributed by atoms with van der Waals surface area (Å²) in [6.45, 7) is 5.52. The second-order valence-electron chi connectivity index (χ2n) is 6.94. The number of carbonyl (C=O) groups is 2. The monoisotopic (exact) mass is 295 g/mol. The first-order valence-electron chi connectivity index (χ1n) is 8.31. The Bertz CT molecular complexity index is 393. The minimum absolute atomic E-state index is 0.0236. The van der Waals surface area contributed by atoms with Gasteiger partial charge in [-0.1, -0.05) is 19.8 Å². The number of hydrogen-bond donors (Lipinski definition) is 2. The molecule has 1 saturated heterocycles. The van der Waals surface area contributed by atoms with E-state index in [-0.39, 0.29) is 11.8 Å². The average molecular weight is 295 g/mol. The maximum atomic E-state index is 12.5. The number of amides is 2. The van der Waals surface area contributed by atoms with Crippen molar-refractivity contribution in [2.75, 3.05) is 13.1 Å². The number of nitrogens with two attached hydrogens (primary N) is 1. The molecular weight excluding hydrogens is 266 g/mol. The molecule has 0 aromatic carbocycles. The second-order valence-corrected chi connectivity index (χ2v) is 6.94. The van der Waals surface area contributed by atoms with Crippen molar-refractivity contribution in [3.63, 3.8) is 0 Å². The van der Waals surface area contributed by atoms with E-state index >= 15 is 0 Å². The Balaban J connectivity index is 1.90. The highest BCUT2D eigenvalue weighted by Crippen LogP contribution is 2.30. The van der Waals surface area contributed by atoms with Crippen LogP contribution in [0.4, 0.5) is 0 Å². The van der Waals surface area contributed by atoms with Crippen molar-refractivity contribution in [2.24, 2.45) is 11.7 Å². The quantitative estimate of drug-likeness (QED) is 0.826. The summed E-state index contributed by atoms with van der Waals surface area (Å²) in [7, 11) is 0. The molecule has 0 spiro atoms. The van der Waals surface area contributed by atoms with Crippen LogP contribution in [-0.4, -0.2) is 41.4 Å². The Morgan fingerprint density at radius 3 is 2.52 bits per heavy atom. The molecule has 1 saturated carbocycles. The van der Waals surface area contributed by atoms with E-state index in [2.05, 4.69) is 12.2 Å². The van der Waals surface area contributed by atoms with Gasteiger partial charge in [0.2, 0.25) is 11.8 Å². The molecule has 0 aromatic heterocycles. The zero-order valence-corrected chi connectivity index (χ0v) is 13.4. The van der Waals surface area contributed by atoms with Crippen LogP contribution in [0.3, 0.4) is 0 Å². The fraction of sp³-hybridized carbons (Fsp3) is 0.875. The Kier molecular flexibility index (Phi) is 5.25. The minimum Gasteiger partial charge on any atom is -0.343 e. The largest absolute Gasteiger partial charge is 0.343 e. The molecule has 2 fully saturated rings. The van der Waals surface area contributed by atoms with Gasteiger partial charge in [0.25, 0.3) is 0 Å². The summed E-state index contributed by atoms with van der Waals surface area (Å²) in [6, 6.07) is -0.478. The third-order valence-corrected chi connectivity index (χ3v) is 4.87. The minimum atomic E-state index is -0.798. The third-order valence-electron chi connectivity index (χ3n) is 4.87. The molecule has 3 atom stereocenters. The third kappa shape index (κ3) is 3.96. The van der Waals surface area contributed by atoms with Gasteiger partial charge in [0.1, 0.15) is 6.04 Å². The van der Waals surface area contributed by atoms with E-state index in [0.29, 0.717) is 18.8 Å². The van der Waals surface area contributed by atoms with Crippen LogP contribution in [0.2, 0.25) is 0 Å². The Labute approximate surface area is 127 Å². The first-order chi connectivity index (χ1) is 9.92. The Morgan fingerprint density at radius 1 is 1.24 bits per heavy atom. The molecule has 120 valence electrons. The van der Waals surface area contributed by atoms with Gasteiger partial charge in [-0.25, -0.2) is 0 Å². The standard InChI is InChI=1S/C16H29N3O2/c1-12-7-6-8-16(17,11-12)15(21)18-13(2)14(20)19-9-4-3-5-10-19/h12-13H,3-11,17H2,1-2H3,(H,18,21). The van der Waals surface area contributed by atoms with Gasteiger partial charge in [-0.05, 0) is 44.9 Å². The van der Waals surface area contributed by atoms with Gasteiger partial charge in [-0.2, -0.15) is 0 Å². The topological polar surface area (TPSA) is 75.4 Å². The van der Waals surface area contributed by atoms with Crippen molar-refractivity contribution in [2.45, 2.75) is 70.4 Å². The summed E-state index contributed by atoms with van der Waals surface area (Å²) >= 11 is 0. The lowest BCUT2D eigenvalue weighted by Crippen LogP contribution is -2.60. The molecule has 2 aliphatic rings. The van der Waals surface area contributed by atoms with Crippen molar-refractivity contribution >= 4 is 11.8 Å². The van der Waals surface area contributed by atoms with Crippen LogP contribution < -0.4 is 11.1 Å². The van der Waals surface area contributed by atoms with Crippen LogP contribution in [0, 0.1) is 5.92 Å². The molecule has 1 aliphatic heterocycles. The van der Waals surface area contributed by atoms with Gasteiger partial charge in [-0.15, -0.1) is 0 Å². The molecule has 0 aromatic rings. The Morgan fingerprint density at radius 2 is 1.90 bits per heavy atom. The van der Waals surface area contributed by atoms with E-state index in [0.717, 1.165) is 38.8 Å². The number of likely N-dealkylation sites (tertiary alicyclic amines) is 1. The van der Waals surface area contributed by atoms with Gasteiger partial charge in [0, 0.05) is 13.1 Å². The van der Waals surface area contributed by atoms with E-state index < -0.39 is 11.6 Å². The van der Waals surface area contributed by atoms with Crippen LogP contribution in [0.5, 0.6) is 0 Å². The van der Waals surface area contributed by atoms with Gasteiger partial charge in [0.15, 0.2) is 0 Å². The highest BCUT2D eigenvalue weighted by Gasteiger charge is 2.39. The molecule has 21 heavy (non-hydrogen) atoms. The van der Waals surface area contributed by atoms with Crippen molar-refractivity contribution in [3.8, 4) is 0 Å². The van der Waals surface area contributed by atoms with Crippen molar-refractivity contribution in [1.29, 1.82) is 0 Å². The zero-order valence-electron chi connectivity index (χ0n) is 13.4. The maximum Gasteiger partial charge on any atom is 0.244 e. The normalized spacial score (nSPS) is 31.6. The zero-order chi connectivity index (χ0) is 15.5. The van der Waals surface area contributed by atoms with Gasteiger partial charge < -0.3 is 16.0 Å². The predicted molar refractivity (Wildman–Crippen MR) is 82.6 cm³/mol. The molecule has 2 amide bonds. The van der Waals surface area contributed by atoms with E-state index in [1.165, 1.54) is 6.42 Å². The number of rotatable bonds is 3. The summed E-state index contributed by atoms with van der Waals surface area (Å²) in [5.41, 5.74) is 5.49. The number of carbonyl (C=O) groups excluding carboxylic acids is 2. The fourth-order valence-corrected chi connectivity index (χ4v) is 3.59. The van der Waals surface area contributed by atoms with Crippen LogP contribution in [0.25, 0.3) is 0 Å². The molecule has 3 unspecified atom stereocenters. The lowest BCUT2D eigenvalue weighted by molar-refractivity contribution is -0.138. The first-order valence-corrected chi connectivity index (χ1v) is 8.31. The molecule has 1 heterocycles. The van der Waals surface area contributed by atoms with Crippen LogP contribution >= 0.6 is 0 Å². The maximum absolute atomic E-state index is 12.5. The number of nitrogens with one attached hydrogen (secondary N) is 1. The smallest absolute Gasteiger partial charge is 0.244 e. The van der Waals surface area contributed by atoms with E-state index in [9.17, 15) is 9.59 Å². The Hall–Kier alpha value is -1.10. The van der Waals surface area contributed by atoms with E-state index in [1.54, 1.807) is 6.92 Å². The highest BCUT2D eigenvalue weighted by molar-refractivity contribution is 5.91. The molecular formula is C16H29N3O2. The highest BCUT2D eigenvalue weighted by atomic mass is 16.2. The summed E-state index contributed by atoms with van der Waals surface area (Å²) in [5.74, 6) is 0.338. The molecule has 5 nitrogen and oxygen atoms in total. The summed E-state index contributed by atoms with van der Waals surface area (Å²) in [5, 5.41) is 2.85. The molecule has 0 bridgehead atoms. The SMILES string of the molecule is CC1CCCC(N)(C(=O)NC(C)C(=O)N2CCCCC2)C1. The van der Waals surface area contributed by atoms with Crippen molar-refractivity contribution < 1.29 is 9.59 Å². The van der Waals surface area contributed by atoms with Gasteiger partial charge >= 0.3 is 0 Å². The van der Waals surface area contributed by atoms with Gasteiger partial charge in [0.05, 0.1) is 5.54 Å². The molecule has 1 aliphatic carbocycles.